The molecule has 2 aromatic rings. The summed E-state index contributed by atoms with van der Waals surface area (Å²) in [5.74, 6) is -1.26. The third kappa shape index (κ3) is 3.08. The van der Waals surface area contributed by atoms with Crippen LogP contribution in [-0.2, 0) is 4.79 Å². The molecule has 0 aliphatic heterocycles. The minimum atomic E-state index is -0.980. The van der Waals surface area contributed by atoms with Crippen molar-refractivity contribution in [3.05, 3.63) is 69.6 Å². The SMILES string of the molecule is Cc1ccn(C2CC2)c(=O)c1C(=O)N[C@H](C(N)=O)c1ccccc1. The molecule has 1 aromatic carbocycles. The van der Waals surface area contributed by atoms with Crippen LogP contribution < -0.4 is 16.6 Å². The van der Waals surface area contributed by atoms with Gasteiger partial charge in [-0.2, -0.15) is 0 Å². The Morgan fingerprint density at radius 2 is 1.88 bits per heavy atom. The molecule has 0 saturated heterocycles. The number of nitrogens with one attached hydrogen (secondary N) is 1. The van der Waals surface area contributed by atoms with Crippen LogP contribution >= 0.6 is 0 Å². The van der Waals surface area contributed by atoms with Crippen LogP contribution in [0.25, 0.3) is 0 Å². The lowest BCUT2D eigenvalue weighted by molar-refractivity contribution is -0.120. The molecule has 1 saturated carbocycles. The van der Waals surface area contributed by atoms with Crippen molar-refractivity contribution in [3.8, 4) is 0 Å². The van der Waals surface area contributed by atoms with Gasteiger partial charge in [-0.05, 0) is 37.0 Å². The predicted molar refractivity (Wildman–Crippen MR) is 89.6 cm³/mol. The number of aromatic nitrogens is 1. The lowest BCUT2D eigenvalue weighted by atomic mass is 10.0. The van der Waals surface area contributed by atoms with Crippen LogP contribution in [-0.4, -0.2) is 16.4 Å². The Bertz CT molecular complexity index is 838. The zero-order valence-corrected chi connectivity index (χ0v) is 13.4. The van der Waals surface area contributed by atoms with Crippen LogP contribution in [0.1, 0.15) is 46.4 Å². The van der Waals surface area contributed by atoms with Crippen molar-refractivity contribution < 1.29 is 9.59 Å². The maximum Gasteiger partial charge on any atom is 0.263 e. The first-order chi connectivity index (χ1) is 11.5. The third-order valence-corrected chi connectivity index (χ3v) is 4.19. The van der Waals surface area contributed by atoms with Gasteiger partial charge < -0.3 is 15.6 Å². The number of aryl methyl sites for hydroxylation is 1. The number of hydrogen-bond acceptors (Lipinski definition) is 3. The van der Waals surface area contributed by atoms with Crippen molar-refractivity contribution >= 4 is 11.8 Å². The molecule has 0 unspecified atom stereocenters. The van der Waals surface area contributed by atoms with Crippen molar-refractivity contribution in [2.45, 2.75) is 31.8 Å². The van der Waals surface area contributed by atoms with E-state index in [2.05, 4.69) is 5.32 Å². The quantitative estimate of drug-likeness (QED) is 0.871. The maximum atomic E-state index is 12.6. The molecule has 3 rings (SSSR count). The second-order valence-corrected chi connectivity index (χ2v) is 6.04. The molecule has 1 heterocycles. The Labute approximate surface area is 139 Å². The minimum absolute atomic E-state index is 0.0616. The van der Waals surface area contributed by atoms with E-state index in [1.807, 2.05) is 0 Å². The molecule has 0 radical (unpaired) electrons. The number of nitrogens with zero attached hydrogens (tertiary/aromatic N) is 1. The van der Waals surface area contributed by atoms with Crippen LogP contribution in [0.2, 0.25) is 0 Å². The van der Waals surface area contributed by atoms with Gasteiger partial charge in [-0.3, -0.25) is 14.4 Å². The van der Waals surface area contributed by atoms with Gasteiger partial charge in [-0.25, -0.2) is 0 Å². The fourth-order valence-corrected chi connectivity index (χ4v) is 2.72. The van der Waals surface area contributed by atoms with Crippen molar-refractivity contribution in [2.24, 2.45) is 5.73 Å². The molecule has 3 N–H and O–H groups in total. The first-order valence-electron chi connectivity index (χ1n) is 7.86. The zero-order chi connectivity index (χ0) is 17.3. The molecule has 24 heavy (non-hydrogen) atoms. The maximum absolute atomic E-state index is 12.6. The number of benzene rings is 1. The number of carbonyl (C=O) groups excluding carboxylic acids is 2. The molecule has 1 aliphatic rings. The average Bonchev–Trinajstić information content (AvgIpc) is 3.38. The molecule has 1 aliphatic carbocycles. The smallest absolute Gasteiger partial charge is 0.263 e. The van der Waals surface area contributed by atoms with E-state index in [1.54, 1.807) is 54.1 Å². The summed E-state index contributed by atoms with van der Waals surface area (Å²) in [5, 5.41) is 2.59. The molecule has 1 fully saturated rings. The van der Waals surface area contributed by atoms with E-state index in [-0.39, 0.29) is 17.2 Å². The molecule has 1 aromatic heterocycles. The summed E-state index contributed by atoms with van der Waals surface area (Å²) in [6, 6.07) is 9.66. The minimum Gasteiger partial charge on any atom is -0.368 e. The standard InChI is InChI=1S/C18H19N3O3/c1-11-9-10-21(13-7-8-13)18(24)14(11)17(23)20-15(16(19)22)12-5-3-2-4-6-12/h2-6,9-10,13,15H,7-8H2,1H3,(H2,19,22)(H,20,23)/t15-/m0/s1. The molecule has 6 heteroatoms. The first kappa shape index (κ1) is 16.0. The van der Waals surface area contributed by atoms with Gasteiger partial charge in [0.1, 0.15) is 11.6 Å². The highest BCUT2D eigenvalue weighted by Crippen LogP contribution is 2.33. The topological polar surface area (TPSA) is 94.2 Å². The lowest BCUT2D eigenvalue weighted by Crippen LogP contribution is -2.40. The molecule has 124 valence electrons. The molecular weight excluding hydrogens is 306 g/mol. The van der Waals surface area contributed by atoms with Gasteiger partial charge in [0.25, 0.3) is 11.5 Å². The molecule has 1 atom stereocenters. The van der Waals surface area contributed by atoms with Gasteiger partial charge in [0.2, 0.25) is 5.91 Å². The summed E-state index contributed by atoms with van der Waals surface area (Å²) in [6.07, 6.45) is 3.60. The predicted octanol–water partition coefficient (Wildman–Crippen LogP) is 1.45. The highest BCUT2D eigenvalue weighted by Gasteiger charge is 2.28. The number of nitrogens with two attached hydrogens (primary N) is 1. The number of pyridine rings is 1. The summed E-state index contributed by atoms with van der Waals surface area (Å²) in [5.41, 5.74) is 6.31. The fraction of sp³-hybridized carbons (Fsp3) is 0.278. The van der Waals surface area contributed by atoms with E-state index in [1.165, 1.54) is 0 Å². The molecular formula is C18H19N3O3. The summed E-state index contributed by atoms with van der Waals surface area (Å²) in [4.78, 5) is 37.0. The Kier molecular flexibility index (Phi) is 4.20. The normalized spacial score (nSPS) is 14.9. The Balaban J connectivity index is 1.93. The molecule has 0 spiro atoms. The van der Waals surface area contributed by atoms with Crippen LogP contribution in [0.4, 0.5) is 0 Å². The summed E-state index contributed by atoms with van der Waals surface area (Å²) >= 11 is 0. The van der Waals surface area contributed by atoms with Gasteiger partial charge in [0.15, 0.2) is 0 Å². The van der Waals surface area contributed by atoms with E-state index in [0.717, 1.165) is 12.8 Å². The lowest BCUT2D eigenvalue weighted by Gasteiger charge is -2.17. The largest absolute Gasteiger partial charge is 0.368 e. The molecule has 6 nitrogen and oxygen atoms in total. The molecule has 2 amide bonds. The summed E-state index contributed by atoms with van der Waals surface area (Å²) < 4.78 is 1.59. The third-order valence-electron chi connectivity index (χ3n) is 4.19. The number of hydrogen-bond donors (Lipinski definition) is 2. The van der Waals surface area contributed by atoms with Crippen LogP contribution in [0.5, 0.6) is 0 Å². The van der Waals surface area contributed by atoms with Crippen LogP contribution in [0.15, 0.2) is 47.4 Å². The number of carbonyl (C=O) groups is 2. The van der Waals surface area contributed by atoms with Gasteiger partial charge in [0.05, 0.1) is 0 Å². The van der Waals surface area contributed by atoms with E-state index in [0.29, 0.717) is 11.1 Å². The van der Waals surface area contributed by atoms with E-state index in [9.17, 15) is 14.4 Å². The van der Waals surface area contributed by atoms with E-state index >= 15 is 0 Å². The highest BCUT2D eigenvalue weighted by atomic mass is 16.2. The number of amides is 2. The van der Waals surface area contributed by atoms with Crippen molar-refractivity contribution in [3.63, 3.8) is 0 Å². The van der Waals surface area contributed by atoms with Crippen molar-refractivity contribution in [2.75, 3.05) is 0 Å². The number of primary amides is 1. The number of rotatable bonds is 5. The second kappa shape index (κ2) is 6.31. The van der Waals surface area contributed by atoms with E-state index < -0.39 is 17.9 Å². The van der Waals surface area contributed by atoms with E-state index in [4.69, 9.17) is 5.73 Å². The van der Waals surface area contributed by atoms with Crippen LogP contribution in [0, 0.1) is 6.92 Å². The Morgan fingerprint density at radius 1 is 1.21 bits per heavy atom. The zero-order valence-electron chi connectivity index (χ0n) is 13.4. The monoisotopic (exact) mass is 325 g/mol. The first-order valence-corrected chi connectivity index (χ1v) is 7.86. The highest BCUT2D eigenvalue weighted by molar-refractivity contribution is 5.98. The second-order valence-electron chi connectivity index (χ2n) is 6.04. The summed E-state index contributed by atoms with van der Waals surface area (Å²) in [6.45, 7) is 1.70. The van der Waals surface area contributed by atoms with Crippen molar-refractivity contribution in [1.29, 1.82) is 0 Å². The van der Waals surface area contributed by atoms with Gasteiger partial charge in [0, 0.05) is 12.2 Å². The summed E-state index contributed by atoms with van der Waals surface area (Å²) in [7, 11) is 0. The molecule has 0 bridgehead atoms. The van der Waals surface area contributed by atoms with Gasteiger partial charge in [-0.15, -0.1) is 0 Å². The van der Waals surface area contributed by atoms with Crippen LogP contribution in [0.3, 0.4) is 0 Å². The average molecular weight is 325 g/mol. The van der Waals surface area contributed by atoms with Crippen molar-refractivity contribution in [1.82, 2.24) is 9.88 Å². The Hall–Kier alpha value is -2.89. The Morgan fingerprint density at radius 3 is 2.46 bits per heavy atom. The fourth-order valence-electron chi connectivity index (χ4n) is 2.72. The van der Waals surface area contributed by atoms with Gasteiger partial charge in [-0.1, -0.05) is 30.3 Å². The van der Waals surface area contributed by atoms with Gasteiger partial charge >= 0.3 is 0 Å².